The number of rotatable bonds is 6. The molecule has 21 heavy (non-hydrogen) atoms. The quantitative estimate of drug-likeness (QED) is 0.734. The molecule has 0 bridgehead atoms. The van der Waals surface area contributed by atoms with Crippen molar-refractivity contribution < 1.29 is 0 Å². The fourth-order valence-electron chi connectivity index (χ4n) is 3.46. The molecule has 0 amide bonds. The predicted molar refractivity (Wildman–Crippen MR) is 88.5 cm³/mol. The van der Waals surface area contributed by atoms with Crippen LogP contribution in [0.3, 0.4) is 0 Å². The van der Waals surface area contributed by atoms with Gasteiger partial charge in [0.15, 0.2) is 0 Å². The number of benzene rings is 1. The SMILES string of the molecule is CCCCCn1c(C(C)N2CCCC2)nc2ccccc21. The Morgan fingerprint density at radius 1 is 1.14 bits per heavy atom. The Kier molecular flexibility index (Phi) is 4.59. The van der Waals surface area contributed by atoms with Crippen LogP contribution in [0.15, 0.2) is 24.3 Å². The van der Waals surface area contributed by atoms with Crippen molar-refractivity contribution in [3.05, 3.63) is 30.1 Å². The van der Waals surface area contributed by atoms with Crippen LogP contribution in [0.25, 0.3) is 11.0 Å². The van der Waals surface area contributed by atoms with Crippen molar-refractivity contribution in [3.8, 4) is 0 Å². The lowest BCUT2D eigenvalue weighted by molar-refractivity contribution is 0.248. The van der Waals surface area contributed by atoms with E-state index in [9.17, 15) is 0 Å². The first-order valence-corrected chi connectivity index (χ1v) is 8.50. The molecule has 1 aromatic carbocycles. The molecule has 0 saturated carbocycles. The van der Waals surface area contributed by atoms with Crippen LogP contribution < -0.4 is 0 Å². The van der Waals surface area contributed by atoms with Gasteiger partial charge in [0.2, 0.25) is 0 Å². The van der Waals surface area contributed by atoms with Crippen LogP contribution >= 0.6 is 0 Å². The summed E-state index contributed by atoms with van der Waals surface area (Å²) in [5.41, 5.74) is 2.45. The van der Waals surface area contributed by atoms with Crippen LogP contribution in [0.5, 0.6) is 0 Å². The van der Waals surface area contributed by atoms with Gasteiger partial charge in [-0.2, -0.15) is 0 Å². The van der Waals surface area contributed by atoms with Crippen molar-refractivity contribution in [1.82, 2.24) is 14.5 Å². The van der Waals surface area contributed by atoms with E-state index in [0.717, 1.165) is 12.1 Å². The Morgan fingerprint density at radius 2 is 1.90 bits per heavy atom. The first-order valence-electron chi connectivity index (χ1n) is 8.50. The minimum atomic E-state index is 0.432. The van der Waals surface area contributed by atoms with Gasteiger partial charge in [0, 0.05) is 6.54 Å². The number of imidazole rings is 1. The van der Waals surface area contributed by atoms with E-state index >= 15 is 0 Å². The van der Waals surface area contributed by atoms with Crippen LogP contribution in [0.1, 0.15) is 57.8 Å². The second-order valence-electron chi connectivity index (χ2n) is 6.24. The third-order valence-corrected chi connectivity index (χ3v) is 4.73. The molecule has 1 saturated heterocycles. The molecule has 1 unspecified atom stereocenters. The molecule has 0 radical (unpaired) electrons. The number of para-hydroxylation sites is 2. The van der Waals surface area contributed by atoms with Gasteiger partial charge in [0.1, 0.15) is 5.82 Å². The third-order valence-electron chi connectivity index (χ3n) is 4.73. The Labute approximate surface area is 128 Å². The summed E-state index contributed by atoms with van der Waals surface area (Å²) < 4.78 is 2.47. The lowest BCUT2D eigenvalue weighted by Crippen LogP contribution is -2.26. The molecule has 1 aliphatic rings. The van der Waals surface area contributed by atoms with Gasteiger partial charge in [-0.15, -0.1) is 0 Å². The number of unbranched alkanes of at least 4 members (excludes halogenated alkanes) is 2. The number of nitrogens with zero attached hydrogens (tertiary/aromatic N) is 3. The maximum Gasteiger partial charge on any atom is 0.127 e. The van der Waals surface area contributed by atoms with E-state index in [1.165, 1.54) is 56.5 Å². The third kappa shape index (κ3) is 2.98. The van der Waals surface area contributed by atoms with E-state index in [4.69, 9.17) is 4.98 Å². The number of fused-ring (bicyclic) bond motifs is 1. The summed E-state index contributed by atoms with van der Waals surface area (Å²) >= 11 is 0. The lowest BCUT2D eigenvalue weighted by atomic mass is 10.2. The van der Waals surface area contributed by atoms with Crippen LogP contribution in [0.2, 0.25) is 0 Å². The number of aromatic nitrogens is 2. The minimum Gasteiger partial charge on any atom is -0.327 e. The Balaban J connectivity index is 1.93. The molecule has 3 nitrogen and oxygen atoms in total. The summed E-state index contributed by atoms with van der Waals surface area (Å²) in [6, 6.07) is 9.02. The molecule has 2 aromatic rings. The van der Waals surface area contributed by atoms with E-state index in [0.29, 0.717) is 6.04 Å². The summed E-state index contributed by atoms with van der Waals surface area (Å²) in [5.74, 6) is 1.26. The van der Waals surface area contributed by atoms with Gasteiger partial charge in [-0.05, 0) is 51.4 Å². The topological polar surface area (TPSA) is 21.1 Å². The smallest absolute Gasteiger partial charge is 0.127 e. The molecular weight excluding hydrogens is 258 g/mol. The summed E-state index contributed by atoms with van der Waals surface area (Å²) in [6.45, 7) is 8.13. The fraction of sp³-hybridized carbons (Fsp3) is 0.611. The van der Waals surface area contributed by atoms with E-state index in [1.54, 1.807) is 0 Å². The van der Waals surface area contributed by atoms with Crippen molar-refractivity contribution >= 4 is 11.0 Å². The van der Waals surface area contributed by atoms with E-state index in [1.807, 2.05) is 0 Å². The van der Waals surface area contributed by atoms with Gasteiger partial charge in [0.05, 0.1) is 17.1 Å². The van der Waals surface area contributed by atoms with Gasteiger partial charge < -0.3 is 4.57 Å². The lowest BCUT2D eigenvalue weighted by Gasteiger charge is -2.24. The molecule has 0 N–H and O–H groups in total. The zero-order valence-electron chi connectivity index (χ0n) is 13.4. The molecule has 1 aromatic heterocycles. The second-order valence-corrected chi connectivity index (χ2v) is 6.24. The van der Waals surface area contributed by atoms with Gasteiger partial charge in [-0.3, -0.25) is 4.90 Å². The van der Waals surface area contributed by atoms with Crippen molar-refractivity contribution in [2.24, 2.45) is 0 Å². The standard InChI is InChI=1S/C18H27N3/c1-3-4-7-14-21-17-11-6-5-10-16(17)19-18(21)15(2)20-12-8-9-13-20/h5-6,10-11,15H,3-4,7-9,12-14H2,1-2H3. The molecule has 114 valence electrons. The van der Waals surface area contributed by atoms with Crippen molar-refractivity contribution in [2.45, 2.75) is 58.5 Å². The predicted octanol–water partition coefficient (Wildman–Crippen LogP) is 4.38. The first-order chi connectivity index (χ1) is 10.3. The normalized spacial score (nSPS) is 17.6. The van der Waals surface area contributed by atoms with Gasteiger partial charge in [-0.1, -0.05) is 31.9 Å². The highest BCUT2D eigenvalue weighted by Gasteiger charge is 2.24. The number of likely N-dealkylation sites (tertiary alicyclic amines) is 1. The highest BCUT2D eigenvalue weighted by molar-refractivity contribution is 5.76. The van der Waals surface area contributed by atoms with Crippen molar-refractivity contribution in [2.75, 3.05) is 13.1 Å². The average Bonchev–Trinajstić information content (AvgIpc) is 3.15. The van der Waals surface area contributed by atoms with Crippen molar-refractivity contribution in [3.63, 3.8) is 0 Å². The summed E-state index contributed by atoms with van der Waals surface area (Å²) in [6.07, 6.45) is 6.48. The molecule has 1 aliphatic heterocycles. The van der Waals surface area contributed by atoms with E-state index in [-0.39, 0.29) is 0 Å². The maximum absolute atomic E-state index is 4.96. The fourth-order valence-corrected chi connectivity index (χ4v) is 3.46. The largest absolute Gasteiger partial charge is 0.327 e. The van der Waals surface area contributed by atoms with E-state index in [2.05, 4.69) is 47.6 Å². The molecular formula is C18H27N3. The van der Waals surface area contributed by atoms with Gasteiger partial charge in [0.25, 0.3) is 0 Å². The highest BCUT2D eigenvalue weighted by Crippen LogP contribution is 2.27. The minimum absolute atomic E-state index is 0.432. The van der Waals surface area contributed by atoms with Gasteiger partial charge >= 0.3 is 0 Å². The Morgan fingerprint density at radius 3 is 2.67 bits per heavy atom. The molecule has 3 rings (SSSR count). The first kappa shape index (κ1) is 14.6. The molecule has 0 aliphatic carbocycles. The van der Waals surface area contributed by atoms with Crippen molar-refractivity contribution in [1.29, 1.82) is 0 Å². The highest BCUT2D eigenvalue weighted by atomic mass is 15.2. The molecule has 1 fully saturated rings. The monoisotopic (exact) mass is 285 g/mol. The summed E-state index contributed by atoms with van der Waals surface area (Å²) in [4.78, 5) is 7.54. The molecule has 0 spiro atoms. The second kappa shape index (κ2) is 6.61. The van der Waals surface area contributed by atoms with E-state index < -0.39 is 0 Å². The zero-order valence-corrected chi connectivity index (χ0v) is 13.4. The number of aryl methyl sites for hydroxylation is 1. The molecule has 2 heterocycles. The zero-order chi connectivity index (χ0) is 14.7. The average molecular weight is 285 g/mol. The Hall–Kier alpha value is -1.35. The van der Waals surface area contributed by atoms with Crippen LogP contribution in [-0.4, -0.2) is 27.5 Å². The summed E-state index contributed by atoms with van der Waals surface area (Å²) in [5, 5.41) is 0. The number of hydrogen-bond acceptors (Lipinski definition) is 2. The Bertz CT molecular complexity index is 581. The number of hydrogen-bond donors (Lipinski definition) is 0. The van der Waals surface area contributed by atoms with Crippen LogP contribution in [0, 0.1) is 0 Å². The van der Waals surface area contributed by atoms with Crippen LogP contribution in [-0.2, 0) is 6.54 Å². The van der Waals surface area contributed by atoms with Crippen LogP contribution in [0.4, 0.5) is 0 Å². The molecule has 3 heteroatoms. The summed E-state index contributed by atoms with van der Waals surface area (Å²) in [7, 11) is 0. The van der Waals surface area contributed by atoms with Gasteiger partial charge in [-0.25, -0.2) is 4.98 Å². The molecule has 1 atom stereocenters. The maximum atomic E-state index is 4.96.